The van der Waals surface area contributed by atoms with E-state index in [0.29, 0.717) is 35.8 Å². The van der Waals surface area contributed by atoms with Crippen molar-refractivity contribution in [3.05, 3.63) is 66.2 Å². The van der Waals surface area contributed by atoms with Gasteiger partial charge in [0.25, 0.3) is 5.91 Å². The number of rotatable bonds is 8. The molecule has 3 aromatic carbocycles. The van der Waals surface area contributed by atoms with Gasteiger partial charge in [0.1, 0.15) is 5.75 Å². The fourth-order valence-electron chi connectivity index (χ4n) is 7.27. The summed E-state index contributed by atoms with van der Waals surface area (Å²) < 4.78 is 12.9. The van der Waals surface area contributed by atoms with Crippen LogP contribution >= 0.6 is 0 Å². The van der Waals surface area contributed by atoms with Crippen molar-refractivity contribution in [2.45, 2.75) is 90.4 Å². The van der Waals surface area contributed by atoms with E-state index < -0.39 is 12.1 Å². The predicted octanol–water partition coefficient (Wildman–Crippen LogP) is 7.79. The van der Waals surface area contributed by atoms with Gasteiger partial charge in [-0.25, -0.2) is 4.79 Å². The van der Waals surface area contributed by atoms with Crippen LogP contribution in [0.3, 0.4) is 0 Å². The third-order valence-electron chi connectivity index (χ3n) is 10.1. The number of nitrogens with zero attached hydrogens (tertiary/aromatic N) is 2. The number of aliphatic hydroxyl groups excluding tert-OH is 1. The van der Waals surface area contributed by atoms with E-state index in [4.69, 9.17) is 9.47 Å². The van der Waals surface area contributed by atoms with Gasteiger partial charge in [0.2, 0.25) is 0 Å². The van der Waals surface area contributed by atoms with Gasteiger partial charge in [0.05, 0.1) is 36.1 Å². The van der Waals surface area contributed by atoms with Crippen molar-refractivity contribution in [2.75, 3.05) is 50.5 Å². The number of nitrogens with one attached hydrogen (secondary N) is 2. The molecule has 49 heavy (non-hydrogen) atoms. The van der Waals surface area contributed by atoms with Gasteiger partial charge < -0.3 is 35.0 Å². The molecule has 0 spiro atoms. The second-order valence-corrected chi connectivity index (χ2v) is 14.3. The molecule has 4 atom stereocenters. The number of likely N-dealkylation sites (N-methyl/N-ethyl adjacent to an activating group) is 1. The van der Waals surface area contributed by atoms with Gasteiger partial charge >= 0.3 is 6.03 Å². The van der Waals surface area contributed by atoms with Crippen LogP contribution < -0.4 is 15.4 Å². The zero-order chi connectivity index (χ0) is 34.8. The van der Waals surface area contributed by atoms with Crippen LogP contribution in [0.1, 0.15) is 82.5 Å². The Morgan fingerprint density at radius 3 is 2.51 bits per heavy atom. The number of urea groups is 1. The SMILES string of the molecule is C[C@@H]1CCCCO[C@@H](CN(C)CC2CCCCC2)[C@H](C)CN([C@H](C)CO)C(=O)c2cc(NC(=O)Nc3cccc4ccccc34)ccc2O1. The summed E-state index contributed by atoms with van der Waals surface area (Å²) in [6.07, 6.45) is 9.10. The fraction of sp³-hybridized carbons (Fsp3) is 0.550. The first-order valence-corrected chi connectivity index (χ1v) is 18.3. The maximum absolute atomic E-state index is 14.5. The summed E-state index contributed by atoms with van der Waals surface area (Å²) in [6.45, 7) is 8.78. The number of aliphatic hydroxyl groups is 1. The van der Waals surface area contributed by atoms with E-state index >= 15 is 0 Å². The van der Waals surface area contributed by atoms with Crippen molar-refractivity contribution < 1.29 is 24.2 Å². The van der Waals surface area contributed by atoms with Crippen LogP contribution in [-0.2, 0) is 4.74 Å². The first-order valence-electron chi connectivity index (χ1n) is 18.3. The third kappa shape index (κ3) is 10.2. The van der Waals surface area contributed by atoms with E-state index in [-0.39, 0.29) is 30.6 Å². The predicted molar refractivity (Wildman–Crippen MR) is 198 cm³/mol. The van der Waals surface area contributed by atoms with Gasteiger partial charge in [-0.1, -0.05) is 62.6 Å². The molecule has 1 fully saturated rings. The first kappa shape index (κ1) is 36.6. The largest absolute Gasteiger partial charge is 0.490 e. The lowest BCUT2D eigenvalue weighted by Crippen LogP contribution is -2.47. The molecule has 1 aliphatic carbocycles. The molecule has 3 aromatic rings. The number of anilines is 2. The summed E-state index contributed by atoms with van der Waals surface area (Å²) in [6, 6.07) is 18.0. The summed E-state index contributed by atoms with van der Waals surface area (Å²) in [5.41, 5.74) is 1.52. The van der Waals surface area contributed by atoms with E-state index in [0.717, 1.165) is 49.0 Å². The van der Waals surface area contributed by atoms with E-state index in [1.54, 1.807) is 23.1 Å². The molecule has 5 rings (SSSR count). The number of fused-ring (bicyclic) bond motifs is 2. The van der Waals surface area contributed by atoms with Gasteiger partial charge in [-0.05, 0) is 88.6 Å². The van der Waals surface area contributed by atoms with Crippen LogP contribution in [0.4, 0.5) is 16.2 Å². The quantitative estimate of drug-likeness (QED) is 0.226. The smallest absolute Gasteiger partial charge is 0.323 e. The van der Waals surface area contributed by atoms with Gasteiger partial charge in [-0.15, -0.1) is 0 Å². The molecule has 1 aliphatic heterocycles. The molecule has 2 aliphatic rings. The number of benzene rings is 3. The van der Waals surface area contributed by atoms with Crippen molar-refractivity contribution in [2.24, 2.45) is 11.8 Å². The normalized spacial score (nSPS) is 22.2. The molecule has 0 bridgehead atoms. The summed E-state index contributed by atoms with van der Waals surface area (Å²) in [4.78, 5) is 31.8. The highest BCUT2D eigenvalue weighted by atomic mass is 16.5. The summed E-state index contributed by atoms with van der Waals surface area (Å²) >= 11 is 0. The highest BCUT2D eigenvalue weighted by Crippen LogP contribution is 2.30. The standard InChI is InChI=1S/C40H56N4O5/c1-28-24-44(29(2)27-45)39(46)35-23-33(41-40(47)42-36-19-12-17-32-16-8-9-18-34(32)36)20-21-37(35)49-30(3)13-10-11-22-48-38(28)26-43(4)25-31-14-6-5-7-15-31/h8-9,12,16-21,23,28-31,38,45H,5-7,10-11,13-15,22,24-27H2,1-4H3,(H2,41,42,47)/t28-,29-,30-,38+/m1/s1. The maximum Gasteiger partial charge on any atom is 0.323 e. The Balaban J connectivity index is 1.37. The van der Waals surface area contributed by atoms with Crippen molar-refractivity contribution >= 4 is 34.1 Å². The molecule has 3 amide bonds. The summed E-state index contributed by atoms with van der Waals surface area (Å²) in [5.74, 6) is 0.971. The highest BCUT2D eigenvalue weighted by Gasteiger charge is 2.31. The highest BCUT2D eigenvalue weighted by molar-refractivity contribution is 6.07. The minimum atomic E-state index is -0.431. The number of carbonyl (C=O) groups is 2. The Kier molecular flexibility index (Phi) is 13.3. The minimum Gasteiger partial charge on any atom is -0.490 e. The zero-order valence-corrected chi connectivity index (χ0v) is 29.8. The molecular formula is C40H56N4O5. The number of amides is 3. The van der Waals surface area contributed by atoms with Crippen LogP contribution in [0.15, 0.2) is 60.7 Å². The molecule has 0 radical (unpaired) electrons. The average molecular weight is 673 g/mol. The topological polar surface area (TPSA) is 103 Å². The lowest BCUT2D eigenvalue weighted by atomic mass is 9.89. The van der Waals surface area contributed by atoms with Gasteiger partial charge in [0, 0.05) is 43.2 Å². The van der Waals surface area contributed by atoms with Crippen LogP contribution in [0.25, 0.3) is 10.8 Å². The number of carbonyl (C=O) groups excluding carboxylic acids is 2. The van der Waals surface area contributed by atoms with Crippen molar-refractivity contribution in [3.8, 4) is 5.75 Å². The Hall–Kier alpha value is -3.66. The number of hydrogen-bond donors (Lipinski definition) is 3. The lowest BCUT2D eigenvalue weighted by Gasteiger charge is -2.36. The molecule has 9 heteroatoms. The molecular weight excluding hydrogens is 616 g/mol. The van der Waals surface area contributed by atoms with E-state index in [9.17, 15) is 14.7 Å². The monoisotopic (exact) mass is 672 g/mol. The van der Waals surface area contributed by atoms with Gasteiger partial charge in [-0.3, -0.25) is 4.79 Å². The number of hydrogen-bond acceptors (Lipinski definition) is 6. The Morgan fingerprint density at radius 2 is 1.71 bits per heavy atom. The third-order valence-corrected chi connectivity index (χ3v) is 10.1. The first-order chi connectivity index (χ1) is 23.7. The second kappa shape index (κ2) is 17.8. The van der Waals surface area contributed by atoms with Gasteiger partial charge in [-0.2, -0.15) is 0 Å². The molecule has 3 N–H and O–H groups in total. The van der Waals surface area contributed by atoms with E-state index in [1.165, 1.54) is 32.1 Å². The zero-order valence-electron chi connectivity index (χ0n) is 29.8. The number of ether oxygens (including phenoxy) is 2. The summed E-state index contributed by atoms with van der Waals surface area (Å²) in [7, 11) is 2.19. The maximum atomic E-state index is 14.5. The Morgan fingerprint density at radius 1 is 0.959 bits per heavy atom. The van der Waals surface area contributed by atoms with E-state index in [2.05, 4.69) is 29.5 Å². The average Bonchev–Trinajstić information content (AvgIpc) is 3.10. The molecule has 1 saturated carbocycles. The lowest BCUT2D eigenvalue weighted by molar-refractivity contribution is -0.0190. The van der Waals surface area contributed by atoms with Gasteiger partial charge in [0.15, 0.2) is 0 Å². The van der Waals surface area contributed by atoms with Crippen molar-refractivity contribution in [3.63, 3.8) is 0 Å². The van der Waals surface area contributed by atoms with Crippen LogP contribution in [0.5, 0.6) is 5.75 Å². The molecule has 9 nitrogen and oxygen atoms in total. The Bertz CT molecular complexity index is 1520. The van der Waals surface area contributed by atoms with Crippen LogP contribution in [0.2, 0.25) is 0 Å². The second-order valence-electron chi connectivity index (χ2n) is 14.3. The molecule has 0 unspecified atom stereocenters. The van der Waals surface area contributed by atoms with Crippen LogP contribution in [-0.4, -0.2) is 85.0 Å². The molecule has 0 aromatic heterocycles. The van der Waals surface area contributed by atoms with Crippen LogP contribution in [0, 0.1) is 11.8 Å². The fourth-order valence-corrected chi connectivity index (χ4v) is 7.27. The minimum absolute atomic E-state index is 0.0192. The Labute approximate surface area is 292 Å². The summed E-state index contributed by atoms with van der Waals surface area (Å²) in [5, 5.41) is 18.1. The molecule has 0 saturated heterocycles. The van der Waals surface area contributed by atoms with Crippen molar-refractivity contribution in [1.29, 1.82) is 0 Å². The molecule has 1 heterocycles. The van der Waals surface area contributed by atoms with E-state index in [1.807, 2.05) is 56.3 Å². The molecule has 266 valence electrons. The van der Waals surface area contributed by atoms with Crippen molar-refractivity contribution in [1.82, 2.24) is 9.80 Å².